The Morgan fingerprint density at radius 1 is 1.05 bits per heavy atom. The Morgan fingerprint density at radius 3 is 2.43 bits per heavy atom. The summed E-state index contributed by atoms with van der Waals surface area (Å²) in [5.41, 5.74) is 8.24. The molecule has 0 aliphatic heterocycles. The summed E-state index contributed by atoms with van der Waals surface area (Å²) < 4.78 is 27.9. The summed E-state index contributed by atoms with van der Waals surface area (Å²) >= 11 is 0. The van der Waals surface area contributed by atoms with Gasteiger partial charge in [0.15, 0.2) is 5.82 Å². The molecular formula is C14H11F2N5. The van der Waals surface area contributed by atoms with Crippen molar-refractivity contribution >= 4 is 5.69 Å². The van der Waals surface area contributed by atoms with Crippen LogP contribution >= 0.6 is 0 Å². The van der Waals surface area contributed by atoms with Gasteiger partial charge in [0.25, 0.3) is 0 Å². The van der Waals surface area contributed by atoms with E-state index in [1.807, 2.05) is 13.0 Å². The predicted octanol–water partition coefficient (Wildman–Crippen LogP) is 2.50. The minimum atomic E-state index is -0.699. The normalized spacial score (nSPS) is 10.8. The summed E-state index contributed by atoms with van der Waals surface area (Å²) in [6.07, 6.45) is 0. The summed E-state index contributed by atoms with van der Waals surface area (Å²) in [4.78, 5) is 0. The Morgan fingerprint density at radius 2 is 1.76 bits per heavy atom. The van der Waals surface area contributed by atoms with E-state index in [9.17, 15) is 8.78 Å². The molecule has 0 saturated carbocycles. The first-order valence-corrected chi connectivity index (χ1v) is 6.16. The molecule has 3 aromatic rings. The number of hydrogen-bond donors (Lipinski definition) is 1. The molecule has 0 amide bonds. The first kappa shape index (κ1) is 13.2. The minimum Gasteiger partial charge on any atom is -0.398 e. The number of aromatic nitrogens is 4. The molecule has 0 saturated heterocycles. The molecule has 0 unspecified atom stereocenters. The van der Waals surface area contributed by atoms with Gasteiger partial charge in [0.1, 0.15) is 11.6 Å². The molecule has 0 radical (unpaired) electrons. The third kappa shape index (κ3) is 2.45. The van der Waals surface area contributed by atoms with Gasteiger partial charge in [-0.3, -0.25) is 0 Å². The van der Waals surface area contributed by atoms with Crippen LogP contribution < -0.4 is 5.73 Å². The third-order valence-electron chi connectivity index (χ3n) is 3.10. The highest BCUT2D eigenvalue weighted by atomic mass is 19.1. The molecule has 0 atom stereocenters. The van der Waals surface area contributed by atoms with Crippen LogP contribution in [0, 0.1) is 18.6 Å². The molecule has 0 aliphatic rings. The van der Waals surface area contributed by atoms with E-state index in [4.69, 9.17) is 5.73 Å². The maximum Gasteiger partial charge on any atom is 0.187 e. The van der Waals surface area contributed by atoms with Gasteiger partial charge >= 0.3 is 0 Å². The van der Waals surface area contributed by atoms with Crippen LogP contribution in [0.3, 0.4) is 0 Å². The molecule has 0 spiro atoms. The average molecular weight is 287 g/mol. The van der Waals surface area contributed by atoms with Crippen molar-refractivity contribution in [2.24, 2.45) is 0 Å². The Hall–Kier alpha value is -2.83. The second-order valence-corrected chi connectivity index (χ2v) is 4.61. The van der Waals surface area contributed by atoms with Crippen molar-refractivity contribution < 1.29 is 8.78 Å². The summed E-state index contributed by atoms with van der Waals surface area (Å²) in [5.74, 6) is -1.04. The first-order chi connectivity index (χ1) is 10.0. The van der Waals surface area contributed by atoms with Gasteiger partial charge in [-0.2, -0.15) is 4.68 Å². The Kier molecular flexibility index (Phi) is 3.09. The SMILES string of the molecule is Cc1ccc(-c2nnnn2-c2cc(F)cc(F)c2)cc1N. The van der Waals surface area contributed by atoms with Gasteiger partial charge in [-0.25, -0.2) is 8.78 Å². The van der Waals surface area contributed by atoms with E-state index in [2.05, 4.69) is 15.5 Å². The molecule has 21 heavy (non-hydrogen) atoms. The van der Waals surface area contributed by atoms with Crippen LogP contribution in [-0.4, -0.2) is 20.2 Å². The van der Waals surface area contributed by atoms with Gasteiger partial charge in [0.05, 0.1) is 5.69 Å². The predicted molar refractivity (Wildman–Crippen MR) is 73.7 cm³/mol. The van der Waals surface area contributed by atoms with Gasteiger partial charge in [0.2, 0.25) is 0 Å². The fourth-order valence-electron chi connectivity index (χ4n) is 1.98. The average Bonchev–Trinajstić information content (AvgIpc) is 2.90. The molecular weight excluding hydrogens is 276 g/mol. The number of tetrazole rings is 1. The summed E-state index contributed by atoms with van der Waals surface area (Å²) in [6, 6.07) is 8.44. The lowest BCUT2D eigenvalue weighted by Gasteiger charge is -2.07. The summed E-state index contributed by atoms with van der Waals surface area (Å²) in [6.45, 7) is 1.88. The van der Waals surface area contributed by atoms with Gasteiger partial charge in [-0.1, -0.05) is 12.1 Å². The lowest BCUT2D eigenvalue weighted by Crippen LogP contribution is -2.02. The molecule has 2 aromatic carbocycles. The van der Waals surface area contributed by atoms with Crippen LogP contribution in [-0.2, 0) is 0 Å². The maximum absolute atomic E-state index is 13.3. The molecule has 106 valence electrons. The number of benzene rings is 2. The Bertz CT molecular complexity index is 793. The van der Waals surface area contributed by atoms with E-state index >= 15 is 0 Å². The van der Waals surface area contributed by atoms with Gasteiger partial charge < -0.3 is 5.73 Å². The zero-order chi connectivity index (χ0) is 15.0. The number of anilines is 1. The van der Waals surface area contributed by atoms with E-state index < -0.39 is 11.6 Å². The van der Waals surface area contributed by atoms with Crippen molar-refractivity contribution in [3.05, 3.63) is 53.6 Å². The number of halogens is 2. The zero-order valence-electron chi connectivity index (χ0n) is 11.1. The topological polar surface area (TPSA) is 69.6 Å². The van der Waals surface area contributed by atoms with Gasteiger partial charge in [0, 0.05) is 17.3 Å². The molecule has 1 heterocycles. The fourth-order valence-corrected chi connectivity index (χ4v) is 1.98. The molecule has 5 nitrogen and oxygen atoms in total. The van der Waals surface area contributed by atoms with Crippen molar-refractivity contribution in [3.8, 4) is 17.1 Å². The monoisotopic (exact) mass is 287 g/mol. The molecule has 0 aliphatic carbocycles. The molecule has 1 aromatic heterocycles. The Balaban J connectivity index is 2.14. The van der Waals surface area contributed by atoms with Crippen molar-refractivity contribution in [1.82, 2.24) is 20.2 Å². The fraction of sp³-hybridized carbons (Fsp3) is 0.0714. The standard InChI is InChI=1S/C14H11F2N5/c1-8-2-3-9(4-13(8)17)14-18-19-20-21(14)12-6-10(15)5-11(16)7-12/h2-7H,17H2,1H3. The summed E-state index contributed by atoms with van der Waals surface area (Å²) in [5, 5.41) is 11.2. The van der Waals surface area contributed by atoms with E-state index in [0.717, 1.165) is 23.8 Å². The number of nitrogen functional groups attached to an aromatic ring is 1. The van der Waals surface area contributed by atoms with E-state index in [1.165, 1.54) is 4.68 Å². The zero-order valence-corrected chi connectivity index (χ0v) is 11.1. The van der Waals surface area contributed by atoms with Crippen LogP contribution in [0.4, 0.5) is 14.5 Å². The van der Waals surface area contributed by atoms with Crippen molar-refractivity contribution in [1.29, 1.82) is 0 Å². The first-order valence-electron chi connectivity index (χ1n) is 6.16. The molecule has 3 rings (SSSR count). The number of rotatable bonds is 2. The van der Waals surface area contributed by atoms with Crippen molar-refractivity contribution in [2.75, 3.05) is 5.73 Å². The Labute approximate surface area is 119 Å². The van der Waals surface area contributed by atoms with E-state index in [0.29, 0.717) is 17.1 Å². The van der Waals surface area contributed by atoms with Crippen LogP contribution in [0.1, 0.15) is 5.56 Å². The van der Waals surface area contributed by atoms with E-state index in [1.54, 1.807) is 12.1 Å². The third-order valence-corrected chi connectivity index (χ3v) is 3.10. The lowest BCUT2D eigenvalue weighted by atomic mass is 10.1. The molecule has 7 heteroatoms. The molecule has 0 bridgehead atoms. The van der Waals surface area contributed by atoms with Crippen LogP contribution in [0.15, 0.2) is 36.4 Å². The van der Waals surface area contributed by atoms with Crippen LogP contribution in [0.2, 0.25) is 0 Å². The largest absolute Gasteiger partial charge is 0.398 e. The minimum absolute atomic E-state index is 0.201. The van der Waals surface area contributed by atoms with Crippen molar-refractivity contribution in [3.63, 3.8) is 0 Å². The summed E-state index contributed by atoms with van der Waals surface area (Å²) in [7, 11) is 0. The van der Waals surface area contributed by atoms with E-state index in [-0.39, 0.29) is 5.69 Å². The van der Waals surface area contributed by atoms with Crippen LogP contribution in [0.5, 0.6) is 0 Å². The number of hydrogen-bond acceptors (Lipinski definition) is 4. The smallest absolute Gasteiger partial charge is 0.187 e. The van der Waals surface area contributed by atoms with Crippen LogP contribution in [0.25, 0.3) is 17.1 Å². The molecule has 2 N–H and O–H groups in total. The number of nitrogens with zero attached hydrogens (tertiary/aromatic N) is 4. The number of aryl methyl sites for hydroxylation is 1. The molecule has 0 fully saturated rings. The highest BCUT2D eigenvalue weighted by Gasteiger charge is 2.13. The number of nitrogens with two attached hydrogens (primary N) is 1. The van der Waals surface area contributed by atoms with Gasteiger partial charge in [-0.05, 0) is 41.1 Å². The highest BCUT2D eigenvalue weighted by molar-refractivity contribution is 5.64. The second kappa shape index (κ2) is 4.93. The van der Waals surface area contributed by atoms with Crippen molar-refractivity contribution in [2.45, 2.75) is 6.92 Å². The quantitative estimate of drug-likeness (QED) is 0.735. The second-order valence-electron chi connectivity index (χ2n) is 4.61. The maximum atomic E-state index is 13.3. The lowest BCUT2D eigenvalue weighted by molar-refractivity contribution is 0.579. The van der Waals surface area contributed by atoms with Gasteiger partial charge in [-0.15, -0.1) is 5.10 Å². The highest BCUT2D eigenvalue weighted by Crippen LogP contribution is 2.24.